The first-order valence-electron chi connectivity index (χ1n) is 7.60. The van der Waals surface area contributed by atoms with Gasteiger partial charge < -0.3 is 4.74 Å². The molecule has 0 fully saturated rings. The lowest BCUT2D eigenvalue weighted by molar-refractivity contribution is -0.132. The Morgan fingerprint density at radius 1 is 1.04 bits per heavy atom. The van der Waals surface area contributed by atoms with Gasteiger partial charge in [-0.15, -0.1) is 0 Å². The van der Waals surface area contributed by atoms with Crippen LogP contribution in [0.5, 0.6) is 5.75 Å². The largest absolute Gasteiger partial charge is 0.478 e. The van der Waals surface area contributed by atoms with Gasteiger partial charge in [-0.05, 0) is 31.0 Å². The molecule has 0 saturated carbocycles. The number of carbonyl (C=O) groups excluding carboxylic acids is 2. The summed E-state index contributed by atoms with van der Waals surface area (Å²) in [6, 6.07) is 15.4. The van der Waals surface area contributed by atoms with Crippen LogP contribution in [0.4, 0.5) is 4.39 Å². The van der Waals surface area contributed by atoms with E-state index in [0.29, 0.717) is 6.42 Å². The third-order valence-corrected chi connectivity index (χ3v) is 3.32. The Bertz CT molecular complexity index is 692. The van der Waals surface area contributed by atoms with Gasteiger partial charge >= 0.3 is 0 Å². The summed E-state index contributed by atoms with van der Waals surface area (Å²) < 4.78 is 18.7. The fourth-order valence-corrected chi connectivity index (χ4v) is 1.98. The molecule has 0 aromatic heterocycles. The number of halogens is 1. The average Bonchev–Trinajstić information content (AvgIpc) is 2.60. The Morgan fingerprint density at radius 3 is 2.42 bits per heavy atom. The molecular weight excluding hydrogens is 311 g/mol. The monoisotopic (exact) mass is 330 g/mol. The molecule has 0 aliphatic heterocycles. The molecule has 0 aliphatic carbocycles. The fraction of sp³-hybridized carbons (Fsp3) is 0.222. The molecule has 0 spiro atoms. The molecule has 126 valence electrons. The minimum atomic E-state index is -0.948. The molecule has 5 nitrogen and oxygen atoms in total. The molecule has 24 heavy (non-hydrogen) atoms. The predicted molar refractivity (Wildman–Crippen MR) is 87.5 cm³/mol. The zero-order chi connectivity index (χ0) is 17.4. The Hall–Kier alpha value is -2.89. The van der Waals surface area contributed by atoms with Crippen molar-refractivity contribution < 1.29 is 18.7 Å². The Balaban J connectivity index is 1.73. The molecule has 1 atom stereocenters. The van der Waals surface area contributed by atoms with Crippen LogP contribution in [0.1, 0.15) is 18.9 Å². The van der Waals surface area contributed by atoms with Gasteiger partial charge in [-0.1, -0.05) is 42.5 Å². The quantitative estimate of drug-likeness (QED) is 0.799. The zero-order valence-corrected chi connectivity index (χ0v) is 13.3. The van der Waals surface area contributed by atoms with Crippen LogP contribution in [0.15, 0.2) is 54.6 Å². The predicted octanol–water partition coefficient (Wildman–Crippen LogP) is 2.37. The van der Waals surface area contributed by atoms with Crippen molar-refractivity contribution in [1.82, 2.24) is 10.9 Å². The van der Waals surface area contributed by atoms with Crippen molar-refractivity contribution in [2.45, 2.75) is 25.9 Å². The highest BCUT2D eigenvalue weighted by atomic mass is 19.1. The van der Waals surface area contributed by atoms with Crippen molar-refractivity contribution in [3.63, 3.8) is 0 Å². The first-order chi connectivity index (χ1) is 11.6. The van der Waals surface area contributed by atoms with Crippen LogP contribution < -0.4 is 15.6 Å². The van der Waals surface area contributed by atoms with Crippen molar-refractivity contribution in [1.29, 1.82) is 0 Å². The van der Waals surface area contributed by atoms with Gasteiger partial charge in [-0.25, -0.2) is 4.39 Å². The fourth-order valence-electron chi connectivity index (χ4n) is 1.98. The summed E-state index contributed by atoms with van der Waals surface area (Å²) >= 11 is 0. The van der Waals surface area contributed by atoms with Crippen molar-refractivity contribution in [2.24, 2.45) is 0 Å². The van der Waals surface area contributed by atoms with Crippen LogP contribution in [0.2, 0.25) is 0 Å². The number of aryl methyl sites for hydroxylation is 1. The number of hydrogen-bond donors (Lipinski definition) is 2. The molecular formula is C18H19FN2O3. The third-order valence-electron chi connectivity index (χ3n) is 3.32. The number of para-hydroxylation sites is 1. The second-order valence-electron chi connectivity index (χ2n) is 5.21. The SMILES string of the molecule is CC(Oc1ccccc1F)C(=O)NNC(=O)CCc1ccccc1. The number of hydrazine groups is 1. The van der Waals surface area contributed by atoms with E-state index in [1.54, 1.807) is 6.07 Å². The van der Waals surface area contributed by atoms with Gasteiger partial charge in [0.2, 0.25) is 5.91 Å². The number of amides is 2. The van der Waals surface area contributed by atoms with Gasteiger partial charge in [-0.2, -0.15) is 0 Å². The molecule has 6 heteroatoms. The Morgan fingerprint density at radius 2 is 1.71 bits per heavy atom. The van der Waals surface area contributed by atoms with Gasteiger partial charge in [-0.3, -0.25) is 20.4 Å². The van der Waals surface area contributed by atoms with Crippen molar-refractivity contribution in [3.05, 3.63) is 66.0 Å². The lowest BCUT2D eigenvalue weighted by Gasteiger charge is -2.15. The highest BCUT2D eigenvalue weighted by molar-refractivity contribution is 5.84. The van der Waals surface area contributed by atoms with E-state index in [2.05, 4.69) is 10.9 Å². The zero-order valence-electron chi connectivity index (χ0n) is 13.3. The van der Waals surface area contributed by atoms with Crippen LogP contribution in [-0.4, -0.2) is 17.9 Å². The molecule has 2 rings (SSSR count). The normalized spacial score (nSPS) is 11.4. The minimum Gasteiger partial charge on any atom is -0.478 e. The van der Waals surface area contributed by atoms with Crippen molar-refractivity contribution in [2.75, 3.05) is 0 Å². The molecule has 2 aromatic carbocycles. The summed E-state index contributed by atoms with van der Waals surface area (Å²) in [7, 11) is 0. The van der Waals surface area contributed by atoms with E-state index in [1.807, 2.05) is 30.3 Å². The van der Waals surface area contributed by atoms with Crippen LogP contribution in [0.3, 0.4) is 0 Å². The van der Waals surface area contributed by atoms with Gasteiger partial charge in [0.1, 0.15) is 0 Å². The summed E-state index contributed by atoms with van der Waals surface area (Å²) in [6.07, 6.45) is -0.132. The number of nitrogens with one attached hydrogen (secondary N) is 2. The van der Waals surface area contributed by atoms with Crippen LogP contribution in [0, 0.1) is 5.82 Å². The molecule has 0 bridgehead atoms. The number of hydrogen-bond acceptors (Lipinski definition) is 3. The molecule has 1 unspecified atom stereocenters. The van der Waals surface area contributed by atoms with E-state index in [-0.39, 0.29) is 18.1 Å². The number of carbonyl (C=O) groups is 2. The van der Waals surface area contributed by atoms with E-state index in [9.17, 15) is 14.0 Å². The maximum atomic E-state index is 13.5. The summed E-state index contributed by atoms with van der Waals surface area (Å²) in [6.45, 7) is 1.47. The highest BCUT2D eigenvalue weighted by Gasteiger charge is 2.16. The second-order valence-corrected chi connectivity index (χ2v) is 5.21. The standard InChI is InChI=1S/C18H19FN2O3/c1-13(24-16-10-6-5-9-15(16)19)18(23)21-20-17(22)12-11-14-7-3-2-4-8-14/h2-10,13H,11-12H2,1H3,(H,20,22)(H,21,23). The molecule has 0 saturated heterocycles. The van der Waals surface area contributed by atoms with E-state index < -0.39 is 17.8 Å². The first-order valence-corrected chi connectivity index (χ1v) is 7.60. The molecule has 0 aliphatic rings. The lowest BCUT2D eigenvalue weighted by atomic mass is 10.1. The second kappa shape index (κ2) is 8.67. The smallest absolute Gasteiger partial charge is 0.279 e. The maximum absolute atomic E-state index is 13.5. The Kier molecular flexibility index (Phi) is 6.31. The van der Waals surface area contributed by atoms with E-state index in [4.69, 9.17) is 4.74 Å². The van der Waals surface area contributed by atoms with E-state index >= 15 is 0 Å². The summed E-state index contributed by atoms with van der Waals surface area (Å²) in [5.74, 6) is -1.45. The van der Waals surface area contributed by atoms with Crippen LogP contribution in [0.25, 0.3) is 0 Å². The van der Waals surface area contributed by atoms with Gasteiger partial charge in [0.25, 0.3) is 5.91 Å². The number of benzene rings is 2. The molecule has 2 N–H and O–H groups in total. The van der Waals surface area contributed by atoms with Crippen molar-refractivity contribution >= 4 is 11.8 Å². The summed E-state index contributed by atoms with van der Waals surface area (Å²) in [5.41, 5.74) is 5.63. The minimum absolute atomic E-state index is 0.0180. The summed E-state index contributed by atoms with van der Waals surface area (Å²) in [4.78, 5) is 23.6. The maximum Gasteiger partial charge on any atom is 0.279 e. The van der Waals surface area contributed by atoms with Crippen molar-refractivity contribution in [3.8, 4) is 5.75 Å². The van der Waals surface area contributed by atoms with Gasteiger partial charge in [0.05, 0.1) is 0 Å². The average molecular weight is 330 g/mol. The molecule has 2 aromatic rings. The third kappa shape index (κ3) is 5.39. The van der Waals surface area contributed by atoms with E-state index in [1.165, 1.54) is 25.1 Å². The van der Waals surface area contributed by atoms with Gasteiger partial charge in [0, 0.05) is 6.42 Å². The lowest BCUT2D eigenvalue weighted by Crippen LogP contribution is -2.47. The van der Waals surface area contributed by atoms with Gasteiger partial charge in [0.15, 0.2) is 17.7 Å². The first kappa shape index (κ1) is 17.5. The Labute approximate surface area is 139 Å². The topological polar surface area (TPSA) is 67.4 Å². The van der Waals surface area contributed by atoms with Crippen LogP contribution in [-0.2, 0) is 16.0 Å². The summed E-state index contributed by atoms with van der Waals surface area (Å²) in [5, 5.41) is 0. The van der Waals surface area contributed by atoms with Crippen LogP contribution >= 0.6 is 0 Å². The highest BCUT2D eigenvalue weighted by Crippen LogP contribution is 2.16. The molecule has 2 amide bonds. The van der Waals surface area contributed by atoms with E-state index in [0.717, 1.165) is 5.56 Å². The number of ether oxygens (including phenoxy) is 1. The molecule has 0 heterocycles. The molecule has 0 radical (unpaired) electrons. The number of rotatable bonds is 6.